The highest BCUT2D eigenvalue weighted by atomic mass is 79.9. The Morgan fingerprint density at radius 1 is 1.35 bits per heavy atom. The van der Waals surface area contributed by atoms with Crippen molar-refractivity contribution in [2.75, 3.05) is 20.3 Å². The molecular weight excluding hydrogens is 278 g/mol. The van der Waals surface area contributed by atoms with Crippen LogP contribution in [0.1, 0.15) is 18.4 Å². The Balaban J connectivity index is 2.01. The lowest BCUT2D eigenvalue weighted by Crippen LogP contribution is -2.38. The first kappa shape index (κ1) is 13.1. The number of halogens is 1. The number of rotatable bonds is 4. The first-order valence-electron chi connectivity index (χ1n) is 6.29. The average Bonchev–Trinajstić information content (AvgIpc) is 2.39. The van der Waals surface area contributed by atoms with E-state index < -0.39 is 0 Å². The van der Waals surface area contributed by atoms with Gasteiger partial charge in [0.2, 0.25) is 0 Å². The van der Waals surface area contributed by atoms with Crippen LogP contribution >= 0.6 is 15.9 Å². The molecule has 0 aromatic heterocycles. The lowest BCUT2D eigenvalue weighted by molar-refractivity contribution is 0.0547. The topological polar surface area (TPSA) is 21.3 Å². The lowest BCUT2D eigenvalue weighted by atomic mass is 9.88. The quantitative estimate of drug-likeness (QED) is 0.922. The fourth-order valence-electron chi connectivity index (χ4n) is 2.52. The summed E-state index contributed by atoms with van der Waals surface area (Å²) < 4.78 is 6.65. The number of benzene rings is 1. The van der Waals surface area contributed by atoms with Crippen molar-refractivity contribution in [1.82, 2.24) is 5.32 Å². The molecule has 2 rings (SSSR count). The van der Waals surface area contributed by atoms with Crippen molar-refractivity contribution in [1.29, 1.82) is 0 Å². The zero-order valence-electron chi connectivity index (χ0n) is 10.3. The van der Waals surface area contributed by atoms with Gasteiger partial charge in [0, 0.05) is 23.7 Å². The highest BCUT2D eigenvalue weighted by molar-refractivity contribution is 9.10. The third kappa shape index (κ3) is 3.54. The van der Waals surface area contributed by atoms with E-state index in [2.05, 4.69) is 52.6 Å². The number of nitrogens with one attached hydrogen (secondary N) is 1. The van der Waals surface area contributed by atoms with Gasteiger partial charge in [-0.1, -0.05) is 34.1 Å². The molecule has 1 atom stereocenters. The molecule has 1 aliphatic rings. The molecule has 0 radical (unpaired) electrons. The van der Waals surface area contributed by atoms with Crippen molar-refractivity contribution < 1.29 is 4.74 Å². The number of ether oxygens (including phenoxy) is 1. The molecule has 0 spiro atoms. The van der Waals surface area contributed by atoms with Gasteiger partial charge in [0.05, 0.1) is 0 Å². The predicted molar refractivity (Wildman–Crippen MR) is 74.2 cm³/mol. The summed E-state index contributed by atoms with van der Waals surface area (Å²) in [5.74, 6) is 0.737. The van der Waals surface area contributed by atoms with Crippen LogP contribution in [0.15, 0.2) is 28.7 Å². The van der Waals surface area contributed by atoms with Crippen LogP contribution in [-0.2, 0) is 11.2 Å². The molecule has 1 aliphatic heterocycles. The number of hydrogen-bond donors (Lipinski definition) is 1. The molecule has 1 unspecified atom stereocenters. The minimum absolute atomic E-state index is 0.553. The van der Waals surface area contributed by atoms with Crippen molar-refractivity contribution in [3.8, 4) is 0 Å². The maximum atomic E-state index is 5.43. The number of hydrogen-bond acceptors (Lipinski definition) is 2. The molecule has 3 heteroatoms. The van der Waals surface area contributed by atoms with Gasteiger partial charge in [0.25, 0.3) is 0 Å². The second-order valence-corrected chi connectivity index (χ2v) is 5.49. The SMILES string of the molecule is CNC(Cc1ccccc1Br)C1CCOCC1. The van der Waals surface area contributed by atoms with Crippen LogP contribution in [0, 0.1) is 5.92 Å². The van der Waals surface area contributed by atoms with E-state index in [0.717, 1.165) is 25.6 Å². The molecule has 0 bridgehead atoms. The Bertz CT molecular complexity index is 350. The van der Waals surface area contributed by atoms with Gasteiger partial charge in [-0.3, -0.25) is 0 Å². The van der Waals surface area contributed by atoms with E-state index in [1.54, 1.807) is 0 Å². The molecule has 1 fully saturated rings. The summed E-state index contributed by atoms with van der Waals surface area (Å²) in [6.45, 7) is 1.83. The molecule has 1 aromatic carbocycles. The largest absolute Gasteiger partial charge is 0.381 e. The minimum atomic E-state index is 0.553. The lowest BCUT2D eigenvalue weighted by Gasteiger charge is -2.30. The second-order valence-electron chi connectivity index (χ2n) is 4.64. The fraction of sp³-hybridized carbons (Fsp3) is 0.571. The van der Waals surface area contributed by atoms with Gasteiger partial charge in [-0.05, 0) is 43.9 Å². The molecule has 2 nitrogen and oxygen atoms in total. The Morgan fingerprint density at radius 3 is 2.71 bits per heavy atom. The minimum Gasteiger partial charge on any atom is -0.381 e. The monoisotopic (exact) mass is 297 g/mol. The summed E-state index contributed by atoms with van der Waals surface area (Å²) in [5.41, 5.74) is 1.39. The molecule has 17 heavy (non-hydrogen) atoms. The first-order valence-corrected chi connectivity index (χ1v) is 7.09. The summed E-state index contributed by atoms with van der Waals surface area (Å²) in [6.07, 6.45) is 3.44. The van der Waals surface area contributed by atoms with Gasteiger partial charge in [-0.25, -0.2) is 0 Å². The highest BCUT2D eigenvalue weighted by Crippen LogP contribution is 2.24. The number of likely N-dealkylation sites (N-methyl/N-ethyl adjacent to an activating group) is 1. The van der Waals surface area contributed by atoms with Crippen molar-refractivity contribution in [2.45, 2.75) is 25.3 Å². The summed E-state index contributed by atoms with van der Waals surface area (Å²) in [6, 6.07) is 9.05. The molecule has 1 saturated heterocycles. The van der Waals surface area contributed by atoms with Gasteiger partial charge in [0.1, 0.15) is 0 Å². The molecular formula is C14H20BrNO. The van der Waals surface area contributed by atoms with E-state index in [1.807, 2.05) is 0 Å². The summed E-state index contributed by atoms with van der Waals surface area (Å²) in [4.78, 5) is 0. The van der Waals surface area contributed by atoms with E-state index in [4.69, 9.17) is 4.74 Å². The first-order chi connectivity index (χ1) is 8.31. The standard InChI is InChI=1S/C14H20BrNO/c1-16-14(11-6-8-17-9-7-11)10-12-4-2-3-5-13(12)15/h2-5,11,14,16H,6-10H2,1H3. The van der Waals surface area contributed by atoms with Crippen LogP contribution in [0.2, 0.25) is 0 Å². The fourth-order valence-corrected chi connectivity index (χ4v) is 2.97. The van der Waals surface area contributed by atoms with Crippen LogP contribution in [0.3, 0.4) is 0 Å². The Labute approximate surface area is 112 Å². The molecule has 1 heterocycles. The zero-order valence-corrected chi connectivity index (χ0v) is 11.9. The molecule has 0 aliphatic carbocycles. The Morgan fingerprint density at radius 2 is 2.06 bits per heavy atom. The maximum absolute atomic E-state index is 5.43. The van der Waals surface area contributed by atoms with Gasteiger partial charge in [0.15, 0.2) is 0 Å². The van der Waals surface area contributed by atoms with Gasteiger partial charge in [-0.15, -0.1) is 0 Å². The highest BCUT2D eigenvalue weighted by Gasteiger charge is 2.23. The predicted octanol–water partition coefficient (Wildman–Crippen LogP) is 3.01. The van der Waals surface area contributed by atoms with E-state index in [9.17, 15) is 0 Å². The smallest absolute Gasteiger partial charge is 0.0469 e. The van der Waals surface area contributed by atoms with Gasteiger partial charge >= 0.3 is 0 Å². The van der Waals surface area contributed by atoms with Crippen molar-refractivity contribution in [2.24, 2.45) is 5.92 Å². The maximum Gasteiger partial charge on any atom is 0.0469 e. The molecule has 94 valence electrons. The molecule has 0 saturated carbocycles. The van der Waals surface area contributed by atoms with Crippen molar-refractivity contribution >= 4 is 15.9 Å². The van der Waals surface area contributed by atoms with E-state index in [0.29, 0.717) is 6.04 Å². The van der Waals surface area contributed by atoms with Crippen molar-refractivity contribution in [3.05, 3.63) is 34.3 Å². The van der Waals surface area contributed by atoms with Crippen LogP contribution in [0.25, 0.3) is 0 Å². The summed E-state index contributed by atoms with van der Waals surface area (Å²) in [5, 5.41) is 3.47. The third-order valence-electron chi connectivity index (χ3n) is 3.60. The van der Waals surface area contributed by atoms with Crippen LogP contribution in [-0.4, -0.2) is 26.3 Å². The molecule has 1 N–H and O–H groups in total. The third-order valence-corrected chi connectivity index (χ3v) is 4.38. The normalized spacial score (nSPS) is 19.2. The molecule has 1 aromatic rings. The molecule has 0 amide bonds. The van der Waals surface area contributed by atoms with Crippen LogP contribution in [0.5, 0.6) is 0 Å². The second kappa shape index (κ2) is 6.53. The van der Waals surface area contributed by atoms with Crippen molar-refractivity contribution in [3.63, 3.8) is 0 Å². The summed E-state index contributed by atoms with van der Waals surface area (Å²) >= 11 is 3.63. The Hall–Kier alpha value is -0.380. The van der Waals surface area contributed by atoms with E-state index in [-0.39, 0.29) is 0 Å². The van der Waals surface area contributed by atoms with E-state index >= 15 is 0 Å². The van der Waals surface area contributed by atoms with Gasteiger partial charge in [-0.2, -0.15) is 0 Å². The average molecular weight is 298 g/mol. The van der Waals surface area contributed by atoms with E-state index in [1.165, 1.54) is 22.9 Å². The zero-order chi connectivity index (χ0) is 12.1. The van der Waals surface area contributed by atoms with Gasteiger partial charge < -0.3 is 10.1 Å². The summed E-state index contributed by atoms with van der Waals surface area (Å²) in [7, 11) is 2.07. The van der Waals surface area contributed by atoms with Crippen LogP contribution < -0.4 is 5.32 Å². The van der Waals surface area contributed by atoms with Crippen LogP contribution in [0.4, 0.5) is 0 Å². The Kier molecular flexibility index (Phi) is 5.01.